The smallest absolute Gasteiger partial charge is 1.00 e. The van der Waals surface area contributed by atoms with Gasteiger partial charge in [-0.25, -0.2) is 0 Å². The Morgan fingerprint density at radius 1 is 0.353 bits per heavy atom. The molecular formula is C28H24ClCuN4. The van der Waals surface area contributed by atoms with Crippen LogP contribution >= 0.6 is 0 Å². The van der Waals surface area contributed by atoms with Gasteiger partial charge in [-0.3, -0.25) is 19.9 Å². The van der Waals surface area contributed by atoms with Gasteiger partial charge in [0.25, 0.3) is 0 Å². The molecule has 4 nitrogen and oxygen atoms in total. The molecule has 0 saturated carbocycles. The third kappa shape index (κ3) is 5.02. The first kappa shape index (κ1) is 25.5. The minimum atomic E-state index is 0. The van der Waals surface area contributed by atoms with Crippen LogP contribution in [0.3, 0.4) is 0 Å². The number of hydrogen-bond donors (Lipinski definition) is 0. The maximum Gasteiger partial charge on any atom is 1.00 e. The number of nitrogens with zero attached hydrogens (tertiary/aromatic N) is 4. The van der Waals surface area contributed by atoms with E-state index in [9.17, 15) is 0 Å². The second kappa shape index (κ2) is 10.4. The molecule has 0 radical (unpaired) electrons. The Bertz CT molecular complexity index is 1390. The molecule has 6 rings (SSSR count). The summed E-state index contributed by atoms with van der Waals surface area (Å²) in [5.74, 6) is 0. The van der Waals surface area contributed by atoms with Gasteiger partial charge in [0.2, 0.25) is 0 Å². The number of pyridine rings is 4. The van der Waals surface area contributed by atoms with Gasteiger partial charge in [0.05, 0.1) is 22.1 Å². The van der Waals surface area contributed by atoms with E-state index in [0.29, 0.717) is 0 Å². The largest absolute Gasteiger partial charge is 1.00 e. The second-order valence-electron chi connectivity index (χ2n) is 8.23. The molecule has 2 aromatic carbocycles. The molecule has 0 atom stereocenters. The minimum Gasteiger partial charge on any atom is -1.00 e. The van der Waals surface area contributed by atoms with Crippen molar-refractivity contribution in [1.29, 1.82) is 0 Å². The van der Waals surface area contributed by atoms with E-state index in [2.05, 4.69) is 68.5 Å². The van der Waals surface area contributed by atoms with Gasteiger partial charge in [0, 0.05) is 44.3 Å². The van der Waals surface area contributed by atoms with Crippen molar-refractivity contribution < 1.29 is 29.5 Å². The van der Waals surface area contributed by atoms with E-state index in [-0.39, 0.29) is 29.5 Å². The molecule has 0 saturated heterocycles. The van der Waals surface area contributed by atoms with E-state index in [1.54, 1.807) is 0 Å². The number of hydrogen-bond acceptors (Lipinski definition) is 4. The molecule has 0 bridgehead atoms. The van der Waals surface area contributed by atoms with Crippen molar-refractivity contribution in [3.63, 3.8) is 0 Å². The second-order valence-corrected chi connectivity index (χ2v) is 8.23. The van der Waals surface area contributed by atoms with Crippen molar-refractivity contribution in [3.8, 4) is 0 Å². The first-order valence-corrected chi connectivity index (χ1v) is 10.8. The summed E-state index contributed by atoms with van der Waals surface area (Å²) in [4.78, 5) is 18.3. The van der Waals surface area contributed by atoms with E-state index < -0.39 is 0 Å². The molecular weight excluding hydrogens is 491 g/mol. The Labute approximate surface area is 215 Å². The molecule has 34 heavy (non-hydrogen) atoms. The van der Waals surface area contributed by atoms with Crippen LogP contribution < -0.4 is 12.4 Å². The fourth-order valence-electron chi connectivity index (χ4n) is 3.93. The van der Waals surface area contributed by atoms with Gasteiger partial charge in [-0.1, -0.05) is 48.5 Å². The van der Waals surface area contributed by atoms with Crippen molar-refractivity contribution in [2.75, 3.05) is 0 Å². The summed E-state index contributed by atoms with van der Waals surface area (Å²) in [5.41, 5.74) is 8.13. The fourth-order valence-corrected chi connectivity index (χ4v) is 3.93. The van der Waals surface area contributed by atoms with Crippen LogP contribution in [0.5, 0.6) is 0 Å². The van der Waals surface area contributed by atoms with E-state index in [0.717, 1.165) is 66.4 Å². The van der Waals surface area contributed by atoms with Crippen LogP contribution in [0, 0.1) is 27.7 Å². The third-order valence-corrected chi connectivity index (χ3v) is 5.60. The van der Waals surface area contributed by atoms with Crippen LogP contribution in [0.1, 0.15) is 22.8 Å². The van der Waals surface area contributed by atoms with Crippen LogP contribution in [0.15, 0.2) is 72.8 Å². The molecule has 174 valence electrons. The quantitative estimate of drug-likeness (QED) is 0.228. The van der Waals surface area contributed by atoms with E-state index in [1.165, 1.54) is 0 Å². The summed E-state index contributed by atoms with van der Waals surface area (Å²) in [7, 11) is 0. The summed E-state index contributed by atoms with van der Waals surface area (Å²) in [6.07, 6.45) is 0. The molecule has 0 aliphatic carbocycles. The van der Waals surface area contributed by atoms with Crippen molar-refractivity contribution in [2.45, 2.75) is 27.7 Å². The molecule has 0 spiro atoms. The van der Waals surface area contributed by atoms with Crippen molar-refractivity contribution >= 4 is 43.6 Å². The average Bonchev–Trinajstić information content (AvgIpc) is 2.79. The normalized spacial score (nSPS) is 10.5. The minimum absolute atomic E-state index is 0. The zero-order valence-corrected chi connectivity index (χ0v) is 21.1. The molecule has 0 aliphatic heterocycles. The molecule has 0 fully saturated rings. The van der Waals surface area contributed by atoms with E-state index in [4.69, 9.17) is 0 Å². The molecule has 4 aromatic heterocycles. The molecule has 0 N–H and O–H groups in total. The van der Waals surface area contributed by atoms with Gasteiger partial charge >= 0.3 is 17.1 Å². The maximum atomic E-state index is 4.58. The summed E-state index contributed by atoms with van der Waals surface area (Å²) in [6.45, 7) is 8.03. The standard InChI is InChI=1S/2C14H12N2.ClH.Cu/c2*1-9-3-5-11-7-8-12-6-4-10(2)16-14(12)13(11)15-9;;/h2*3-8H,1-2H3;1H;/q;;;+1/p-1. The SMILES string of the molecule is Cc1ccc2ccc3ccc(C)nc3c2n1.Cc1ccc2ccc3ccc(C)nc3c2n1.[Cl-].[Cu+]. The number of benzene rings is 2. The van der Waals surface area contributed by atoms with Gasteiger partial charge in [-0.2, -0.15) is 0 Å². The Morgan fingerprint density at radius 2 is 0.529 bits per heavy atom. The van der Waals surface area contributed by atoms with Crippen molar-refractivity contribution in [3.05, 3.63) is 95.6 Å². The van der Waals surface area contributed by atoms with E-state index in [1.807, 2.05) is 52.0 Å². The topological polar surface area (TPSA) is 51.6 Å². The van der Waals surface area contributed by atoms with Crippen LogP contribution in [0.4, 0.5) is 0 Å². The Balaban J connectivity index is 0.000000180. The Hall–Kier alpha value is -3.11. The van der Waals surface area contributed by atoms with Gasteiger partial charge in [0.15, 0.2) is 0 Å². The van der Waals surface area contributed by atoms with Gasteiger partial charge in [0.1, 0.15) is 0 Å². The summed E-state index contributed by atoms with van der Waals surface area (Å²) >= 11 is 0. The summed E-state index contributed by atoms with van der Waals surface area (Å²) < 4.78 is 0. The van der Waals surface area contributed by atoms with Gasteiger partial charge < -0.3 is 12.4 Å². The molecule has 6 aromatic rings. The first-order chi connectivity index (χ1) is 15.5. The zero-order chi connectivity index (χ0) is 22.2. The van der Waals surface area contributed by atoms with Crippen molar-refractivity contribution in [2.24, 2.45) is 0 Å². The predicted octanol–water partition coefficient (Wildman–Crippen LogP) is 3.80. The summed E-state index contributed by atoms with van der Waals surface area (Å²) in [5, 5.41) is 4.60. The zero-order valence-electron chi connectivity index (χ0n) is 19.4. The van der Waals surface area contributed by atoms with Crippen LogP contribution in [-0.2, 0) is 17.1 Å². The molecule has 4 heterocycles. The number of rotatable bonds is 0. The molecule has 0 unspecified atom stereocenters. The van der Waals surface area contributed by atoms with Crippen molar-refractivity contribution in [1.82, 2.24) is 19.9 Å². The van der Waals surface area contributed by atoms with Crippen LogP contribution in [0.25, 0.3) is 43.6 Å². The van der Waals surface area contributed by atoms with Gasteiger partial charge in [-0.15, -0.1) is 0 Å². The van der Waals surface area contributed by atoms with Crippen LogP contribution in [0.2, 0.25) is 0 Å². The predicted molar refractivity (Wildman–Crippen MR) is 133 cm³/mol. The first-order valence-electron chi connectivity index (χ1n) is 10.8. The average molecular weight is 516 g/mol. The summed E-state index contributed by atoms with van der Waals surface area (Å²) in [6, 6.07) is 24.9. The third-order valence-electron chi connectivity index (χ3n) is 5.60. The Kier molecular flexibility index (Phi) is 7.83. The molecule has 0 amide bonds. The monoisotopic (exact) mass is 514 g/mol. The van der Waals surface area contributed by atoms with Gasteiger partial charge in [-0.05, 0) is 52.0 Å². The maximum absolute atomic E-state index is 4.58. The van der Waals surface area contributed by atoms with E-state index >= 15 is 0 Å². The fraction of sp³-hybridized carbons (Fsp3) is 0.143. The number of aryl methyl sites for hydroxylation is 4. The number of halogens is 1. The van der Waals surface area contributed by atoms with Crippen LogP contribution in [-0.4, -0.2) is 19.9 Å². The molecule has 0 aliphatic rings. The number of fused-ring (bicyclic) bond motifs is 6. The Morgan fingerprint density at radius 3 is 0.735 bits per heavy atom. The molecule has 6 heteroatoms. The number of aromatic nitrogens is 4.